The zero-order chi connectivity index (χ0) is 15.7. The van der Waals surface area contributed by atoms with E-state index < -0.39 is 0 Å². The van der Waals surface area contributed by atoms with Gasteiger partial charge in [-0.3, -0.25) is 4.79 Å². The van der Waals surface area contributed by atoms with Crippen LogP contribution in [-0.4, -0.2) is 47.1 Å². The first-order chi connectivity index (χ1) is 10.6. The minimum atomic E-state index is 0.0326. The van der Waals surface area contributed by atoms with Crippen molar-refractivity contribution in [3.8, 4) is 0 Å². The first kappa shape index (κ1) is 15.0. The fraction of sp³-hybridized carbons (Fsp3) is 0.562. The Morgan fingerprint density at radius 1 is 1.50 bits per heavy atom. The van der Waals surface area contributed by atoms with Crippen LogP contribution in [0.4, 0.5) is 0 Å². The van der Waals surface area contributed by atoms with Gasteiger partial charge < -0.3 is 14.7 Å². The average Bonchev–Trinajstić information content (AvgIpc) is 2.97. The normalized spacial score (nSPS) is 19.1. The summed E-state index contributed by atoms with van der Waals surface area (Å²) in [6.45, 7) is 5.64. The number of carbonyl (C=O) groups excluding carboxylic acids is 1. The van der Waals surface area contributed by atoms with Crippen molar-refractivity contribution in [1.82, 2.24) is 20.4 Å². The van der Waals surface area contributed by atoms with Crippen LogP contribution in [-0.2, 0) is 0 Å². The first-order valence-corrected chi connectivity index (χ1v) is 7.82. The van der Waals surface area contributed by atoms with E-state index in [1.807, 2.05) is 31.9 Å². The lowest BCUT2D eigenvalue weighted by atomic mass is 10.0. The van der Waals surface area contributed by atoms with Crippen molar-refractivity contribution in [3.05, 3.63) is 23.5 Å². The van der Waals surface area contributed by atoms with Gasteiger partial charge in [-0.2, -0.15) is 0 Å². The molecule has 1 fully saturated rings. The number of pyridine rings is 1. The molecule has 2 aromatic heterocycles. The summed E-state index contributed by atoms with van der Waals surface area (Å²) in [5.74, 6) is 0.266. The van der Waals surface area contributed by atoms with E-state index in [9.17, 15) is 4.79 Å². The van der Waals surface area contributed by atoms with Crippen LogP contribution in [0.5, 0.6) is 0 Å². The molecule has 118 valence electrons. The molecule has 6 heteroatoms. The second-order valence-electron chi connectivity index (χ2n) is 6.18. The molecule has 6 nitrogen and oxygen atoms in total. The summed E-state index contributed by atoms with van der Waals surface area (Å²) >= 11 is 0. The SMILES string of the molecule is CNC1CCCN(C(=O)c2cnc3onc(C(C)C)c3c2)C1. The maximum atomic E-state index is 12.7. The lowest BCUT2D eigenvalue weighted by Crippen LogP contribution is -2.46. The lowest BCUT2D eigenvalue weighted by Gasteiger charge is -2.32. The van der Waals surface area contributed by atoms with Gasteiger partial charge >= 0.3 is 0 Å². The highest BCUT2D eigenvalue weighted by atomic mass is 16.5. The van der Waals surface area contributed by atoms with Gasteiger partial charge in [0, 0.05) is 25.3 Å². The minimum Gasteiger partial charge on any atom is -0.337 e. The van der Waals surface area contributed by atoms with Crippen molar-refractivity contribution in [3.63, 3.8) is 0 Å². The van der Waals surface area contributed by atoms with E-state index >= 15 is 0 Å². The number of hydrogen-bond donors (Lipinski definition) is 1. The van der Waals surface area contributed by atoms with Crippen LogP contribution in [0.25, 0.3) is 11.1 Å². The standard InChI is InChI=1S/C16H22N4O2/c1-10(2)14-13-7-11(8-18-15(13)22-19-14)16(21)20-6-4-5-12(9-20)17-3/h7-8,10,12,17H,4-6,9H2,1-3H3. The molecule has 0 radical (unpaired) electrons. The third kappa shape index (κ3) is 2.70. The first-order valence-electron chi connectivity index (χ1n) is 7.82. The molecule has 1 N–H and O–H groups in total. The Labute approximate surface area is 129 Å². The monoisotopic (exact) mass is 302 g/mol. The molecule has 0 bridgehead atoms. The summed E-state index contributed by atoms with van der Waals surface area (Å²) in [7, 11) is 1.94. The molecule has 1 atom stereocenters. The van der Waals surface area contributed by atoms with Crippen LogP contribution in [0.2, 0.25) is 0 Å². The van der Waals surface area contributed by atoms with E-state index in [2.05, 4.69) is 15.5 Å². The van der Waals surface area contributed by atoms with Gasteiger partial charge in [0.2, 0.25) is 0 Å². The number of likely N-dealkylation sites (N-methyl/N-ethyl adjacent to an activating group) is 1. The molecule has 0 aromatic carbocycles. The molecule has 2 aromatic rings. The highest BCUT2D eigenvalue weighted by Gasteiger charge is 2.24. The van der Waals surface area contributed by atoms with Gasteiger partial charge in [-0.05, 0) is 31.9 Å². The molecule has 0 saturated carbocycles. The summed E-state index contributed by atoms with van der Waals surface area (Å²) < 4.78 is 5.23. The third-order valence-electron chi connectivity index (χ3n) is 4.27. The molecule has 3 rings (SSSR count). The van der Waals surface area contributed by atoms with E-state index in [0.717, 1.165) is 37.0 Å². The summed E-state index contributed by atoms with van der Waals surface area (Å²) in [6.07, 6.45) is 3.72. The molecule has 1 unspecified atom stereocenters. The predicted molar refractivity (Wildman–Crippen MR) is 83.9 cm³/mol. The van der Waals surface area contributed by atoms with Crippen LogP contribution >= 0.6 is 0 Å². The molecular formula is C16H22N4O2. The van der Waals surface area contributed by atoms with Crippen molar-refractivity contribution < 1.29 is 9.32 Å². The number of hydrogen-bond acceptors (Lipinski definition) is 5. The topological polar surface area (TPSA) is 71.3 Å². The summed E-state index contributed by atoms with van der Waals surface area (Å²) in [6, 6.07) is 2.23. The Kier molecular flexibility index (Phi) is 4.11. The molecular weight excluding hydrogens is 280 g/mol. The van der Waals surface area contributed by atoms with Crippen LogP contribution in [0, 0.1) is 0 Å². The Morgan fingerprint density at radius 3 is 3.05 bits per heavy atom. The van der Waals surface area contributed by atoms with Gasteiger partial charge in [-0.15, -0.1) is 0 Å². The van der Waals surface area contributed by atoms with Crippen LogP contribution < -0.4 is 5.32 Å². The van der Waals surface area contributed by atoms with E-state index in [0.29, 0.717) is 17.3 Å². The van der Waals surface area contributed by atoms with Crippen LogP contribution in [0.1, 0.15) is 48.7 Å². The predicted octanol–water partition coefficient (Wildman–Crippen LogP) is 2.17. The van der Waals surface area contributed by atoms with Gasteiger partial charge in [0.25, 0.3) is 11.6 Å². The minimum absolute atomic E-state index is 0.0326. The van der Waals surface area contributed by atoms with E-state index in [-0.39, 0.29) is 11.8 Å². The molecule has 1 saturated heterocycles. The molecule has 0 spiro atoms. The molecule has 1 aliphatic heterocycles. The molecule has 0 aliphatic carbocycles. The Hall–Kier alpha value is -1.95. The maximum Gasteiger partial charge on any atom is 0.257 e. The summed E-state index contributed by atoms with van der Waals surface area (Å²) in [5.41, 5.74) is 1.95. The fourth-order valence-electron chi connectivity index (χ4n) is 2.96. The molecule has 3 heterocycles. The largest absolute Gasteiger partial charge is 0.337 e. The quantitative estimate of drug-likeness (QED) is 0.941. The highest BCUT2D eigenvalue weighted by molar-refractivity contribution is 5.97. The maximum absolute atomic E-state index is 12.7. The van der Waals surface area contributed by atoms with Gasteiger partial charge in [-0.1, -0.05) is 19.0 Å². The van der Waals surface area contributed by atoms with E-state index in [4.69, 9.17) is 4.52 Å². The van der Waals surface area contributed by atoms with Crippen molar-refractivity contribution >= 4 is 17.0 Å². The van der Waals surface area contributed by atoms with E-state index in [1.165, 1.54) is 0 Å². The van der Waals surface area contributed by atoms with Crippen molar-refractivity contribution in [2.24, 2.45) is 0 Å². The molecule has 1 aliphatic rings. The van der Waals surface area contributed by atoms with Crippen molar-refractivity contribution in [2.75, 3.05) is 20.1 Å². The molecule has 1 amide bonds. The average molecular weight is 302 g/mol. The zero-order valence-corrected chi connectivity index (χ0v) is 13.3. The fourth-order valence-corrected chi connectivity index (χ4v) is 2.96. The number of aromatic nitrogens is 2. The number of fused-ring (bicyclic) bond motifs is 1. The van der Waals surface area contributed by atoms with Gasteiger partial charge in [0.1, 0.15) is 0 Å². The lowest BCUT2D eigenvalue weighted by molar-refractivity contribution is 0.0698. The summed E-state index contributed by atoms with van der Waals surface area (Å²) in [5, 5.41) is 8.15. The number of nitrogens with zero attached hydrogens (tertiary/aromatic N) is 3. The van der Waals surface area contributed by atoms with Crippen molar-refractivity contribution in [1.29, 1.82) is 0 Å². The zero-order valence-electron chi connectivity index (χ0n) is 13.3. The second kappa shape index (κ2) is 6.04. The molecule has 22 heavy (non-hydrogen) atoms. The number of piperidine rings is 1. The van der Waals surface area contributed by atoms with Gasteiger partial charge in [0.15, 0.2) is 0 Å². The van der Waals surface area contributed by atoms with E-state index in [1.54, 1.807) is 6.20 Å². The number of rotatable bonds is 3. The highest BCUT2D eigenvalue weighted by Crippen LogP contribution is 2.25. The van der Waals surface area contributed by atoms with Crippen LogP contribution in [0.3, 0.4) is 0 Å². The second-order valence-corrected chi connectivity index (χ2v) is 6.18. The van der Waals surface area contributed by atoms with Gasteiger partial charge in [0.05, 0.1) is 16.6 Å². The Balaban J connectivity index is 1.89. The Bertz CT molecular complexity index is 680. The number of likely N-dealkylation sites (tertiary alicyclic amines) is 1. The Morgan fingerprint density at radius 2 is 2.32 bits per heavy atom. The number of carbonyl (C=O) groups is 1. The smallest absolute Gasteiger partial charge is 0.257 e. The van der Waals surface area contributed by atoms with Crippen molar-refractivity contribution in [2.45, 2.75) is 38.6 Å². The number of nitrogens with one attached hydrogen (secondary N) is 1. The summed E-state index contributed by atoms with van der Waals surface area (Å²) in [4.78, 5) is 18.9. The number of amides is 1. The third-order valence-corrected chi connectivity index (χ3v) is 4.27. The van der Waals surface area contributed by atoms with Crippen LogP contribution in [0.15, 0.2) is 16.8 Å². The van der Waals surface area contributed by atoms with Gasteiger partial charge in [-0.25, -0.2) is 4.98 Å².